The van der Waals surface area contributed by atoms with E-state index in [0.717, 1.165) is 26.1 Å². The minimum Gasteiger partial charge on any atom is -0.494 e. The van der Waals surface area contributed by atoms with E-state index in [1.807, 2.05) is 6.92 Å². The molecule has 1 N–H and O–H groups in total. The molecule has 6 heteroatoms. The van der Waals surface area contributed by atoms with E-state index in [1.54, 1.807) is 24.3 Å². The summed E-state index contributed by atoms with van der Waals surface area (Å²) in [5.74, 6) is 1.04. The molecule has 0 radical (unpaired) electrons. The van der Waals surface area contributed by atoms with Crippen molar-refractivity contribution in [2.75, 3.05) is 26.4 Å². The summed E-state index contributed by atoms with van der Waals surface area (Å²) in [6.07, 6.45) is 1.82. The van der Waals surface area contributed by atoms with Gasteiger partial charge < -0.3 is 9.47 Å². The van der Waals surface area contributed by atoms with Crippen LogP contribution in [0.4, 0.5) is 0 Å². The Bertz CT molecular complexity index is 506. The molecule has 1 aromatic rings. The van der Waals surface area contributed by atoms with Gasteiger partial charge in [0, 0.05) is 19.8 Å². The van der Waals surface area contributed by atoms with E-state index in [9.17, 15) is 8.42 Å². The van der Waals surface area contributed by atoms with Crippen molar-refractivity contribution in [2.45, 2.75) is 24.7 Å². The van der Waals surface area contributed by atoms with E-state index in [2.05, 4.69) is 4.72 Å². The second-order valence-corrected chi connectivity index (χ2v) is 6.58. The first-order chi connectivity index (χ1) is 9.62. The minimum absolute atomic E-state index is 0.271. The van der Waals surface area contributed by atoms with E-state index in [4.69, 9.17) is 9.47 Å². The molecule has 0 bridgehead atoms. The lowest BCUT2D eigenvalue weighted by Gasteiger charge is -2.22. The van der Waals surface area contributed by atoms with Gasteiger partial charge in [-0.3, -0.25) is 0 Å². The van der Waals surface area contributed by atoms with Gasteiger partial charge in [-0.05, 0) is 49.9 Å². The second-order valence-electron chi connectivity index (χ2n) is 4.81. The van der Waals surface area contributed by atoms with Gasteiger partial charge in [0.05, 0.1) is 11.5 Å². The third-order valence-corrected chi connectivity index (χ3v) is 4.79. The van der Waals surface area contributed by atoms with Crippen LogP contribution in [0, 0.1) is 5.92 Å². The molecule has 1 aliphatic heterocycles. The maximum absolute atomic E-state index is 12.2. The number of hydrogen-bond acceptors (Lipinski definition) is 4. The van der Waals surface area contributed by atoms with Crippen LogP contribution in [0.1, 0.15) is 19.8 Å². The maximum Gasteiger partial charge on any atom is 0.240 e. The van der Waals surface area contributed by atoms with Gasteiger partial charge in [-0.2, -0.15) is 0 Å². The quantitative estimate of drug-likeness (QED) is 0.870. The summed E-state index contributed by atoms with van der Waals surface area (Å²) in [5.41, 5.74) is 0. The first-order valence-electron chi connectivity index (χ1n) is 6.92. The van der Waals surface area contributed by atoms with E-state index in [-0.39, 0.29) is 4.90 Å². The minimum atomic E-state index is -3.44. The second kappa shape index (κ2) is 7.06. The molecule has 112 valence electrons. The van der Waals surface area contributed by atoms with Crippen molar-refractivity contribution in [3.63, 3.8) is 0 Å². The Labute approximate surface area is 120 Å². The van der Waals surface area contributed by atoms with Crippen molar-refractivity contribution < 1.29 is 17.9 Å². The highest BCUT2D eigenvalue weighted by molar-refractivity contribution is 7.89. The molecule has 1 aliphatic rings. The van der Waals surface area contributed by atoms with Crippen molar-refractivity contribution in [1.29, 1.82) is 0 Å². The van der Waals surface area contributed by atoms with Crippen LogP contribution < -0.4 is 9.46 Å². The lowest BCUT2D eigenvalue weighted by molar-refractivity contribution is 0.0678. The van der Waals surface area contributed by atoms with Crippen LogP contribution in [-0.4, -0.2) is 34.8 Å². The van der Waals surface area contributed by atoms with Crippen LogP contribution >= 0.6 is 0 Å². The molecule has 1 saturated heterocycles. The van der Waals surface area contributed by atoms with Gasteiger partial charge in [0.1, 0.15) is 5.75 Å². The molecule has 0 unspecified atom stereocenters. The molecular formula is C14H21NO4S. The summed E-state index contributed by atoms with van der Waals surface area (Å²) in [6.45, 7) is 4.36. The number of benzene rings is 1. The van der Waals surface area contributed by atoms with Gasteiger partial charge in [0.2, 0.25) is 10.0 Å². The van der Waals surface area contributed by atoms with Gasteiger partial charge in [-0.15, -0.1) is 0 Å². The number of nitrogens with one attached hydrogen (secondary N) is 1. The van der Waals surface area contributed by atoms with Gasteiger partial charge in [-0.25, -0.2) is 13.1 Å². The van der Waals surface area contributed by atoms with E-state index in [0.29, 0.717) is 24.8 Å². The lowest BCUT2D eigenvalue weighted by Crippen LogP contribution is -2.32. The highest BCUT2D eigenvalue weighted by atomic mass is 32.2. The number of sulfonamides is 1. The van der Waals surface area contributed by atoms with Crippen LogP contribution in [-0.2, 0) is 14.8 Å². The molecule has 1 aromatic carbocycles. The van der Waals surface area contributed by atoms with Crippen LogP contribution in [0.15, 0.2) is 29.2 Å². The molecule has 1 heterocycles. The van der Waals surface area contributed by atoms with E-state index < -0.39 is 10.0 Å². The van der Waals surface area contributed by atoms with Crippen molar-refractivity contribution in [3.05, 3.63) is 24.3 Å². The highest BCUT2D eigenvalue weighted by Gasteiger charge is 2.19. The summed E-state index contributed by atoms with van der Waals surface area (Å²) in [4.78, 5) is 0.271. The zero-order valence-corrected chi connectivity index (χ0v) is 12.5. The molecule has 5 nitrogen and oxygen atoms in total. The van der Waals surface area contributed by atoms with Gasteiger partial charge >= 0.3 is 0 Å². The maximum atomic E-state index is 12.2. The Kier molecular flexibility index (Phi) is 5.39. The zero-order chi connectivity index (χ0) is 14.4. The molecule has 0 saturated carbocycles. The Morgan fingerprint density at radius 1 is 1.25 bits per heavy atom. The molecule has 20 heavy (non-hydrogen) atoms. The smallest absolute Gasteiger partial charge is 0.240 e. The van der Waals surface area contributed by atoms with Crippen LogP contribution in [0.5, 0.6) is 5.75 Å². The average Bonchev–Trinajstić information content (AvgIpc) is 2.47. The first-order valence-corrected chi connectivity index (χ1v) is 8.40. The molecule has 2 rings (SSSR count). The Morgan fingerprint density at radius 2 is 1.90 bits per heavy atom. The molecular weight excluding hydrogens is 278 g/mol. The summed E-state index contributed by atoms with van der Waals surface area (Å²) in [6, 6.07) is 6.48. The standard InChI is InChI=1S/C14H21NO4S/c1-2-19-13-3-5-14(6-4-13)20(16,17)15-11-12-7-9-18-10-8-12/h3-6,12,15H,2,7-11H2,1H3. The zero-order valence-electron chi connectivity index (χ0n) is 11.7. The van der Waals surface area contributed by atoms with Crippen LogP contribution in [0.2, 0.25) is 0 Å². The summed E-state index contributed by atoms with van der Waals surface area (Å²) < 4.78 is 37.6. The van der Waals surface area contributed by atoms with Gasteiger partial charge in [0.25, 0.3) is 0 Å². The van der Waals surface area contributed by atoms with Crippen LogP contribution in [0.3, 0.4) is 0 Å². The Balaban J connectivity index is 1.94. The van der Waals surface area contributed by atoms with Crippen molar-refractivity contribution in [1.82, 2.24) is 4.72 Å². The topological polar surface area (TPSA) is 64.6 Å². The van der Waals surface area contributed by atoms with Gasteiger partial charge in [0.15, 0.2) is 0 Å². The summed E-state index contributed by atoms with van der Waals surface area (Å²) >= 11 is 0. The van der Waals surface area contributed by atoms with Gasteiger partial charge in [-0.1, -0.05) is 0 Å². The average molecular weight is 299 g/mol. The number of rotatable bonds is 6. The fourth-order valence-corrected chi connectivity index (χ4v) is 3.26. The Morgan fingerprint density at radius 3 is 2.50 bits per heavy atom. The fourth-order valence-electron chi connectivity index (χ4n) is 2.14. The third kappa shape index (κ3) is 4.19. The SMILES string of the molecule is CCOc1ccc(S(=O)(=O)NCC2CCOCC2)cc1. The number of ether oxygens (including phenoxy) is 2. The lowest BCUT2D eigenvalue weighted by atomic mass is 10.0. The first kappa shape index (κ1) is 15.3. The predicted octanol–water partition coefficient (Wildman–Crippen LogP) is 1.79. The summed E-state index contributed by atoms with van der Waals surface area (Å²) in [7, 11) is -3.44. The molecule has 0 amide bonds. The normalized spacial score (nSPS) is 17.1. The molecule has 0 atom stereocenters. The Hall–Kier alpha value is -1.11. The monoisotopic (exact) mass is 299 g/mol. The van der Waals surface area contributed by atoms with Crippen molar-refractivity contribution in [2.24, 2.45) is 5.92 Å². The largest absolute Gasteiger partial charge is 0.494 e. The summed E-state index contributed by atoms with van der Waals surface area (Å²) in [5, 5.41) is 0. The van der Waals surface area contributed by atoms with Crippen LogP contribution in [0.25, 0.3) is 0 Å². The molecule has 1 fully saturated rings. The fraction of sp³-hybridized carbons (Fsp3) is 0.571. The number of hydrogen-bond donors (Lipinski definition) is 1. The highest BCUT2D eigenvalue weighted by Crippen LogP contribution is 2.17. The molecule has 0 spiro atoms. The van der Waals surface area contributed by atoms with Crippen molar-refractivity contribution >= 4 is 10.0 Å². The molecule has 0 aromatic heterocycles. The third-order valence-electron chi connectivity index (χ3n) is 3.35. The molecule has 0 aliphatic carbocycles. The van der Waals surface area contributed by atoms with E-state index >= 15 is 0 Å². The van der Waals surface area contributed by atoms with Crippen molar-refractivity contribution in [3.8, 4) is 5.75 Å². The predicted molar refractivity (Wildman–Crippen MR) is 76.3 cm³/mol. The van der Waals surface area contributed by atoms with E-state index in [1.165, 1.54) is 0 Å².